The van der Waals surface area contributed by atoms with Crippen molar-refractivity contribution >= 4 is 39.1 Å². The van der Waals surface area contributed by atoms with Crippen LogP contribution in [0.2, 0.25) is 10.0 Å². The van der Waals surface area contributed by atoms with Gasteiger partial charge in [0.25, 0.3) is 0 Å². The van der Waals surface area contributed by atoms with Crippen molar-refractivity contribution < 1.29 is 13.2 Å². The lowest BCUT2D eigenvalue weighted by atomic mass is 9.88. The number of sulfonamides is 1. The second-order valence-corrected chi connectivity index (χ2v) is 11.0. The molecular weight excluding hydrogens is 455 g/mol. The molecule has 8 heteroatoms. The van der Waals surface area contributed by atoms with Gasteiger partial charge >= 0.3 is 0 Å². The summed E-state index contributed by atoms with van der Waals surface area (Å²) in [5, 5.41) is 3.55. The largest absolute Gasteiger partial charge is 0.355 e. The van der Waals surface area contributed by atoms with E-state index < -0.39 is 10.0 Å². The first-order chi connectivity index (χ1) is 14.7. The Morgan fingerprint density at radius 2 is 1.74 bits per heavy atom. The number of piperidine rings is 1. The fraction of sp³-hybridized carbons (Fsp3) is 0.435. The van der Waals surface area contributed by atoms with Gasteiger partial charge in [-0.1, -0.05) is 67.4 Å². The number of nitrogens with one attached hydrogen (secondary N) is 1. The van der Waals surface area contributed by atoms with E-state index in [2.05, 4.69) is 31.3 Å². The summed E-state index contributed by atoms with van der Waals surface area (Å²) in [6.07, 6.45) is 0.946. The van der Waals surface area contributed by atoms with Crippen molar-refractivity contribution in [1.29, 1.82) is 0 Å². The Balaban J connectivity index is 1.59. The molecule has 1 aliphatic rings. The zero-order valence-corrected chi connectivity index (χ0v) is 20.1. The minimum Gasteiger partial charge on any atom is -0.355 e. The summed E-state index contributed by atoms with van der Waals surface area (Å²) in [6.45, 7) is 5.41. The highest BCUT2D eigenvalue weighted by molar-refractivity contribution is 7.89. The van der Waals surface area contributed by atoms with Crippen LogP contribution in [0.5, 0.6) is 0 Å². The normalized spacial score (nSPS) is 16.9. The van der Waals surface area contributed by atoms with Gasteiger partial charge in [-0.2, -0.15) is 4.31 Å². The zero-order valence-electron chi connectivity index (χ0n) is 17.7. The van der Waals surface area contributed by atoms with Crippen LogP contribution >= 0.6 is 23.2 Å². The molecule has 168 valence electrons. The second-order valence-electron chi connectivity index (χ2n) is 8.26. The first-order valence-electron chi connectivity index (χ1n) is 10.5. The van der Waals surface area contributed by atoms with Crippen LogP contribution < -0.4 is 5.32 Å². The predicted molar refractivity (Wildman–Crippen MR) is 125 cm³/mol. The van der Waals surface area contributed by atoms with Crippen LogP contribution in [0.25, 0.3) is 0 Å². The van der Waals surface area contributed by atoms with Crippen LogP contribution in [-0.4, -0.2) is 38.3 Å². The number of benzene rings is 2. The Morgan fingerprint density at radius 1 is 1.10 bits per heavy atom. The number of hydrogen-bond acceptors (Lipinski definition) is 3. The van der Waals surface area contributed by atoms with E-state index >= 15 is 0 Å². The number of halogens is 2. The van der Waals surface area contributed by atoms with Crippen LogP contribution in [0.3, 0.4) is 0 Å². The standard InChI is InChI=1S/C23H28Cl2N2O3S/c1-16(2)20(17-6-4-3-5-7-17)15-26-23(28)18-10-12-27(13-11-18)31(29,30)22-14-19(24)8-9-21(22)25/h3-9,14,16,18,20H,10-13,15H2,1-2H3,(H,26,28). The zero-order chi connectivity index (χ0) is 22.6. The summed E-state index contributed by atoms with van der Waals surface area (Å²) in [4.78, 5) is 12.8. The summed E-state index contributed by atoms with van der Waals surface area (Å²) >= 11 is 12.1. The highest BCUT2D eigenvalue weighted by atomic mass is 35.5. The average molecular weight is 483 g/mol. The maximum absolute atomic E-state index is 13.0. The quantitative estimate of drug-likeness (QED) is 0.606. The van der Waals surface area contributed by atoms with Gasteiger partial charge < -0.3 is 5.32 Å². The number of carbonyl (C=O) groups is 1. The third kappa shape index (κ3) is 5.80. The number of amides is 1. The molecule has 1 N–H and O–H groups in total. The highest BCUT2D eigenvalue weighted by Gasteiger charge is 2.33. The van der Waals surface area contributed by atoms with Crippen molar-refractivity contribution in [3.8, 4) is 0 Å². The molecule has 0 radical (unpaired) electrons. The van der Waals surface area contributed by atoms with E-state index in [-0.39, 0.29) is 40.8 Å². The lowest BCUT2D eigenvalue weighted by Crippen LogP contribution is -2.43. The van der Waals surface area contributed by atoms with Gasteiger partial charge in [0, 0.05) is 36.5 Å². The number of rotatable bonds is 7. The molecule has 1 amide bonds. The van der Waals surface area contributed by atoms with Gasteiger partial charge in [0.05, 0.1) is 5.02 Å². The molecule has 5 nitrogen and oxygen atoms in total. The molecule has 0 saturated carbocycles. The van der Waals surface area contributed by atoms with Gasteiger partial charge in [0.1, 0.15) is 4.90 Å². The molecule has 1 saturated heterocycles. The van der Waals surface area contributed by atoms with Gasteiger partial charge in [-0.05, 0) is 42.5 Å². The fourth-order valence-electron chi connectivity index (χ4n) is 3.97. The molecule has 1 aliphatic heterocycles. The maximum Gasteiger partial charge on any atom is 0.244 e. The Kier molecular flexibility index (Phi) is 8.03. The van der Waals surface area contributed by atoms with E-state index in [1.807, 2.05) is 18.2 Å². The molecule has 1 unspecified atom stereocenters. The van der Waals surface area contributed by atoms with Gasteiger partial charge in [-0.25, -0.2) is 8.42 Å². The minimum atomic E-state index is -3.75. The van der Waals surface area contributed by atoms with E-state index in [0.717, 1.165) is 0 Å². The lowest BCUT2D eigenvalue weighted by molar-refractivity contribution is -0.126. The molecule has 3 rings (SSSR count). The number of carbonyl (C=O) groups excluding carboxylic acids is 1. The van der Waals surface area contributed by atoms with Crippen LogP contribution in [-0.2, 0) is 14.8 Å². The second kappa shape index (κ2) is 10.3. The summed E-state index contributed by atoms with van der Waals surface area (Å²) in [5.74, 6) is 0.400. The molecule has 0 spiro atoms. The van der Waals surface area contributed by atoms with Crippen molar-refractivity contribution in [2.24, 2.45) is 11.8 Å². The van der Waals surface area contributed by atoms with Gasteiger partial charge in [-0.15, -0.1) is 0 Å². The molecule has 0 bridgehead atoms. The Bertz CT molecular complexity index is 1000. The summed E-state index contributed by atoms with van der Waals surface area (Å²) in [6, 6.07) is 14.6. The third-order valence-electron chi connectivity index (χ3n) is 5.86. The van der Waals surface area contributed by atoms with Crippen molar-refractivity contribution in [1.82, 2.24) is 9.62 Å². The molecule has 1 heterocycles. The van der Waals surface area contributed by atoms with Gasteiger partial charge in [-0.3, -0.25) is 4.79 Å². The molecular formula is C23H28Cl2N2O3S. The summed E-state index contributed by atoms with van der Waals surface area (Å²) < 4.78 is 27.3. The smallest absolute Gasteiger partial charge is 0.244 e. The third-order valence-corrected chi connectivity index (χ3v) is 8.48. The molecule has 31 heavy (non-hydrogen) atoms. The van der Waals surface area contributed by atoms with Crippen molar-refractivity contribution in [2.45, 2.75) is 37.5 Å². The Morgan fingerprint density at radius 3 is 2.35 bits per heavy atom. The van der Waals surface area contributed by atoms with E-state index in [1.165, 1.54) is 22.0 Å². The van der Waals surface area contributed by atoms with Crippen molar-refractivity contribution in [3.05, 3.63) is 64.1 Å². The Labute approximate surface area is 194 Å². The summed E-state index contributed by atoms with van der Waals surface area (Å²) in [7, 11) is -3.75. The molecule has 2 aromatic rings. The molecule has 1 fully saturated rings. The predicted octanol–water partition coefficient (Wildman–Crippen LogP) is 4.95. The molecule has 1 atom stereocenters. The van der Waals surface area contributed by atoms with Gasteiger partial charge in [0.2, 0.25) is 15.9 Å². The van der Waals surface area contributed by atoms with Crippen LogP contribution in [0.4, 0.5) is 0 Å². The molecule has 2 aromatic carbocycles. The van der Waals surface area contributed by atoms with Crippen LogP contribution in [0, 0.1) is 11.8 Å². The fourth-order valence-corrected chi connectivity index (χ4v) is 6.17. The van der Waals surface area contributed by atoms with E-state index in [0.29, 0.717) is 30.3 Å². The maximum atomic E-state index is 13.0. The van der Waals surface area contributed by atoms with E-state index in [1.54, 1.807) is 6.07 Å². The SMILES string of the molecule is CC(C)C(CNC(=O)C1CCN(S(=O)(=O)c2cc(Cl)ccc2Cl)CC1)c1ccccc1. The summed E-state index contributed by atoms with van der Waals surface area (Å²) in [5.41, 5.74) is 1.21. The topological polar surface area (TPSA) is 66.5 Å². The van der Waals surface area contributed by atoms with Crippen LogP contribution in [0.1, 0.15) is 38.2 Å². The number of nitrogens with zero attached hydrogens (tertiary/aromatic N) is 1. The van der Waals surface area contributed by atoms with Crippen molar-refractivity contribution in [2.75, 3.05) is 19.6 Å². The molecule has 0 aromatic heterocycles. The molecule has 0 aliphatic carbocycles. The average Bonchev–Trinajstić information content (AvgIpc) is 2.76. The van der Waals surface area contributed by atoms with Crippen LogP contribution in [0.15, 0.2) is 53.4 Å². The van der Waals surface area contributed by atoms with E-state index in [9.17, 15) is 13.2 Å². The first-order valence-corrected chi connectivity index (χ1v) is 12.7. The Hall–Kier alpha value is -1.60. The van der Waals surface area contributed by atoms with Crippen molar-refractivity contribution in [3.63, 3.8) is 0 Å². The van der Waals surface area contributed by atoms with E-state index in [4.69, 9.17) is 23.2 Å². The van der Waals surface area contributed by atoms with Gasteiger partial charge in [0.15, 0.2) is 0 Å². The first kappa shape index (κ1) is 24.1. The lowest BCUT2D eigenvalue weighted by Gasteiger charge is -2.31. The highest BCUT2D eigenvalue weighted by Crippen LogP contribution is 2.30. The number of hydrogen-bond donors (Lipinski definition) is 1. The monoisotopic (exact) mass is 482 g/mol. The minimum absolute atomic E-state index is 0.00667.